The van der Waals surface area contributed by atoms with Gasteiger partial charge >= 0.3 is 17.9 Å². The first-order chi connectivity index (χ1) is 21.4. The Labute approximate surface area is 273 Å². The molecule has 1 heterocycles. The van der Waals surface area contributed by atoms with Gasteiger partial charge in [0.15, 0.2) is 11.5 Å². The predicted molar refractivity (Wildman–Crippen MR) is 176 cm³/mol. The highest BCUT2D eigenvalue weighted by molar-refractivity contribution is 5.99. The van der Waals surface area contributed by atoms with E-state index in [9.17, 15) is 19.2 Å². The highest BCUT2D eigenvalue weighted by atomic mass is 16.8. The van der Waals surface area contributed by atoms with Gasteiger partial charge in [-0.15, -0.1) is 0 Å². The summed E-state index contributed by atoms with van der Waals surface area (Å²) in [6.07, 6.45) is 15.1. The second kappa shape index (κ2) is 22.3. The number of unbranched alkanes of at least 4 members (excludes halogenated alkanes) is 12. The third-order valence-electron chi connectivity index (χ3n) is 8.14. The predicted octanol–water partition coefficient (Wildman–Crippen LogP) is 7.98. The van der Waals surface area contributed by atoms with Crippen molar-refractivity contribution in [2.75, 3.05) is 27.2 Å². The third-order valence-corrected chi connectivity index (χ3v) is 8.14. The highest BCUT2D eigenvalue weighted by Gasteiger charge is 2.58. The number of nitrogens with zero attached hydrogens (tertiary/aromatic N) is 1. The minimum absolute atomic E-state index is 0.0919. The lowest BCUT2D eigenvalue weighted by atomic mass is 9.90. The van der Waals surface area contributed by atoms with Gasteiger partial charge in [0.05, 0.1) is 12.0 Å². The van der Waals surface area contributed by atoms with Crippen LogP contribution in [0, 0.1) is 0 Å². The van der Waals surface area contributed by atoms with Crippen LogP contribution < -0.4 is 0 Å². The fourth-order valence-corrected chi connectivity index (χ4v) is 5.53. The van der Waals surface area contributed by atoms with Crippen LogP contribution in [0.15, 0.2) is 11.3 Å². The Kier molecular flexibility index (Phi) is 20.2. The maximum atomic E-state index is 13.9. The second-order valence-corrected chi connectivity index (χ2v) is 13.1. The summed E-state index contributed by atoms with van der Waals surface area (Å²) < 4.78 is 23.8. The van der Waals surface area contributed by atoms with Gasteiger partial charge in [0.1, 0.15) is 12.2 Å². The second-order valence-electron chi connectivity index (χ2n) is 13.1. The third kappa shape index (κ3) is 15.7. The molecule has 2 atom stereocenters. The van der Waals surface area contributed by atoms with E-state index >= 15 is 0 Å². The number of hydrogen-bond donors (Lipinski definition) is 0. The van der Waals surface area contributed by atoms with E-state index in [0.717, 1.165) is 77.0 Å². The van der Waals surface area contributed by atoms with Crippen LogP contribution in [0.25, 0.3) is 0 Å². The van der Waals surface area contributed by atoms with Gasteiger partial charge in [-0.25, -0.2) is 0 Å². The van der Waals surface area contributed by atoms with Crippen molar-refractivity contribution in [2.45, 2.75) is 168 Å². The standard InChI is InChI=1S/C36H63NO8/c1-8-11-14-17-20-23-29(38)33-34(43-31(40)24-21-18-15-12-9-2)36(5,44-32(41)25-22-19-16-13-10-3)45-35(33,4)28-42-30(39)26-27-37(6)7/h8-28H2,1-7H3/t35?,36-/m1/s1. The summed E-state index contributed by atoms with van der Waals surface area (Å²) in [5.74, 6) is -3.62. The summed E-state index contributed by atoms with van der Waals surface area (Å²) in [6.45, 7) is 9.77. The molecule has 0 aromatic heterocycles. The van der Waals surface area contributed by atoms with Gasteiger partial charge in [-0.05, 0) is 40.3 Å². The molecule has 1 aliphatic rings. The molecule has 0 saturated heterocycles. The van der Waals surface area contributed by atoms with Gasteiger partial charge in [-0.2, -0.15) is 0 Å². The largest absolute Gasteiger partial charge is 0.462 e. The Morgan fingerprint density at radius 1 is 0.644 bits per heavy atom. The van der Waals surface area contributed by atoms with Gasteiger partial charge in [0, 0.05) is 32.7 Å². The Hall–Kier alpha value is -2.26. The Balaban J connectivity index is 3.34. The van der Waals surface area contributed by atoms with Crippen LogP contribution in [-0.4, -0.2) is 67.2 Å². The zero-order chi connectivity index (χ0) is 33.7. The number of carbonyl (C=O) groups is 4. The summed E-state index contributed by atoms with van der Waals surface area (Å²) in [4.78, 5) is 54.6. The lowest BCUT2D eigenvalue weighted by Crippen LogP contribution is -2.43. The van der Waals surface area contributed by atoms with Gasteiger partial charge in [-0.1, -0.05) is 97.8 Å². The van der Waals surface area contributed by atoms with E-state index in [4.69, 9.17) is 18.9 Å². The van der Waals surface area contributed by atoms with Gasteiger partial charge in [0.2, 0.25) is 0 Å². The number of rotatable bonds is 26. The van der Waals surface area contributed by atoms with Crippen molar-refractivity contribution in [3.63, 3.8) is 0 Å². The molecule has 1 unspecified atom stereocenters. The van der Waals surface area contributed by atoms with Crippen LogP contribution in [0.4, 0.5) is 0 Å². The van der Waals surface area contributed by atoms with Crippen molar-refractivity contribution < 1.29 is 38.1 Å². The van der Waals surface area contributed by atoms with Crippen molar-refractivity contribution in [2.24, 2.45) is 0 Å². The first-order valence-corrected chi connectivity index (χ1v) is 17.6. The van der Waals surface area contributed by atoms with Crippen LogP contribution in [-0.2, 0) is 38.1 Å². The molecule has 1 aliphatic heterocycles. The number of Topliss-reactive ketones (excluding diaryl/α,β-unsaturated/α-hetero) is 1. The Bertz CT molecular complexity index is 945. The number of hydrogen-bond acceptors (Lipinski definition) is 9. The van der Waals surface area contributed by atoms with Gasteiger partial charge in [-0.3, -0.25) is 19.2 Å². The van der Waals surface area contributed by atoms with E-state index in [2.05, 4.69) is 20.8 Å². The molecule has 0 spiro atoms. The SMILES string of the molecule is CCCCCCCC(=O)OC1=C(C(=O)CCCCCCC)C(C)(COC(=O)CCN(C)C)O[C@@]1(C)OC(=O)CCCCCCC. The quantitative estimate of drug-likeness (QED) is 0.0530. The lowest BCUT2D eigenvalue weighted by molar-refractivity contribution is -0.242. The summed E-state index contributed by atoms with van der Waals surface area (Å²) in [7, 11) is 3.73. The molecule has 0 radical (unpaired) electrons. The highest BCUT2D eigenvalue weighted by Crippen LogP contribution is 2.46. The number of ketones is 1. The Morgan fingerprint density at radius 3 is 1.64 bits per heavy atom. The molecule has 0 fully saturated rings. The number of carbonyl (C=O) groups excluding carboxylic acids is 4. The fourth-order valence-electron chi connectivity index (χ4n) is 5.53. The fraction of sp³-hybridized carbons (Fsp3) is 0.833. The summed E-state index contributed by atoms with van der Waals surface area (Å²) in [6, 6.07) is 0. The maximum absolute atomic E-state index is 13.9. The molecule has 1 rings (SSSR count). The first-order valence-electron chi connectivity index (χ1n) is 17.6. The topological polar surface area (TPSA) is 108 Å². The minimum atomic E-state index is -1.82. The van der Waals surface area contributed by atoms with E-state index in [1.807, 2.05) is 19.0 Å². The van der Waals surface area contributed by atoms with Gasteiger partial charge in [0.25, 0.3) is 5.79 Å². The number of ether oxygens (including phenoxy) is 4. The van der Waals surface area contributed by atoms with Crippen molar-refractivity contribution in [3.8, 4) is 0 Å². The van der Waals surface area contributed by atoms with E-state index in [0.29, 0.717) is 25.8 Å². The molecular weight excluding hydrogens is 574 g/mol. The number of esters is 3. The molecule has 260 valence electrons. The van der Waals surface area contributed by atoms with Crippen molar-refractivity contribution in [1.29, 1.82) is 0 Å². The van der Waals surface area contributed by atoms with Crippen LogP contribution in [0.5, 0.6) is 0 Å². The molecule has 0 saturated carbocycles. The zero-order valence-corrected chi connectivity index (χ0v) is 29.6. The van der Waals surface area contributed by atoms with E-state index in [1.165, 1.54) is 6.92 Å². The summed E-state index contributed by atoms with van der Waals surface area (Å²) in [5, 5.41) is 0. The monoisotopic (exact) mass is 637 g/mol. The van der Waals surface area contributed by atoms with Crippen LogP contribution in [0.1, 0.15) is 157 Å². The summed E-state index contributed by atoms with van der Waals surface area (Å²) in [5.41, 5.74) is -1.36. The van der Waals surface area contributed by atoms with Crippen LogP contribution in [0.3, 0.4) is 0 Å². The van der Waals surface area contributed by atoms with E-state index < -0.39 is 29.3 Å². The zero-order valence-electron chi connectivity index (χ0n) is 29.6. The molecule has 0 aromatic rings. The molecule has 0 bridgehead atoms. The molecular formula is C36H63NO8. The van der Waals surface area contributed by atoms with Crippen molar-refractivity contribution in [1.82, 2.24) is 4.90 Å². The van der Waals surface area contributed by atoms with Gasteiger partial charge < -0.3 is 23.8 Å². The lowest BCUT2D eigenvalue weighted by Gasteiger charge is -2.31. The molecule has 0 aliphatic carbocycles. The normalized spacial score (nSPS) is 19.6. The van der Waals surface area contributed by atoms with Crippen molar-refractivity contribution in [3.05, 3.63) is 11.3 Å². The molecule has 0 N–H and O–H groups in total. The molecule has 9 nitrogen and oxygen atoms in total. The smallest absolute Gasteiger partial charge is 0.311 e. The Morgan fingerprint density at radius 2 is 1.13 bits per heavy atom. The van der Waals surface area contributed by atoms with Crippen molar-refractivity contribution >= 4 is 23.7 Å². The molecule has 0 aromatic carbocycles. The molecule has 45 heavy (non-hydrogen) atoms. The average molecular weight is 638 g/mol. The van der Waals surface area contributed by atoms with E-state index in [-0.39, 0.29) is 49.4 Å². The average Bonchev–Trinajstić information content (AvgIpc) is 3.19. The summed E-state index contributed by atoms with van der Waals surface area (Å²) >= 11 is 0. The molecule has 9 heteroatoms. The van der Waals surface area contributed by atoms with Crippen LogP contribution in [0.2, 0.25) is 0 Å². The minimum Gasteiger partial charge on any atom is -0.462 e. The van der Waals surface area contributed by atoms with Crippen LogP contribution >= 0.6 is 0 Å². The molecule has 0 amide bonds. The first kappa shape index (κ1) is 40.8. The van der Waals surface area contributed by atoms with E-state index in [1.54, 1.807) is 6.92 Å². The maximum Gasteiger partial charge on any atom is 0.311 e.